The number of hydrogen-bond acceptors (Lipinski definition) is 3. The third kappa shape index (κ3) is 4.50. The Labute approximate surface area is 116 Å². The second-order valence-corrected chi connectivity index (χ2v) is 4.25. The van der Waals surface area contributed by atoms with Crippen LogP contribution in [0.15, 0.2) is 18.2 Å². The van der Waals surface area contributed by atoms with Crippen LogP contribution in [0.5, 0.6) is 11.5 Å². The average molecular weight is 261 g/mol. The van der Waals surface area contributed by atoms with Gasteiger partial charge in [0.2, 0.25) is 0 Å². The molecule has 1 N–H and O–H groups in total. The molecule has 3 nitrogen and oxygen atoms in total. The first kappa shape index (κ1) is 15.4. The maximum atomic E-state index is 5.35. The van der Waals surface area contributed by atoms with Crippen molar-refractivity contribution in [2.45, 2.75) is 32.7 Å². The van der Waals surface area contributed by atoms with Crippen molar-refractivity contribution in [3.63, 3.8) is 0 Å². The van der Waals surface area contributed by atoms with Crippen LogP contribution in [-0.4, -0.2) is 20.8 Å². The fourth-order valence-electron chi connectivity index (χ4n) is 1.90. The van der Waals surface area contributed by atoms with Gasteiger partial charge in [-0.2, -0.15) is 0 Å². The van der Waals surface area contributed by atoms with Crippen LogP contribution >= 0.6 is 0 Å². The molecule has 0 bridgehead atoms. The topological polar surface area (TPSA) is 30.5 Å². The maximum absolute atomic E-state index is 5.35. The minimum Gasteiger partial charge on any atom is -0.493 e. The monoisotopic (exact) mass is 261 g/mol. The lowest BCUT2D eigenvalue weighted by Gasteiger charge is -2.18. The average Bonchev–Trinajstić information content (AvgIpc) is 2.46. The highest BCUT2D eigenvalue weighted by molar-refractivity contribution is 5.44. The summed E-state index contributed by atoms with van der Waals surface area (Å²) in [4.78, 5) is 0. The Kier molecular flexibility index (Phi) is 6.84. The zero-order valence-corrected chi connectivity index (χ0v) is 12.2. The number of hydrogen-bond donors (Lipinski definition) is 1. The number of nitrogens with one attached hydrogen (secondary N) is 1. The van der Waals surface area contributed by atoms with Gasteiger partial charge in [0.25, 0.3) is 0 Å². The molecule has 1 aromatic rings. The summed E-state index contributed by atoms with van der Waals surface area (Å²) in [6.45, 7) is 5.00. The first-order chi connectivity index (χ1) is 9.26. The molecule has 3 heteroatoms. The van der Waals surface area contributed by atoms with E-state index in [-0.39, 0.29) is 6.04 Å². The summed E-state index contributed by atoms with van der Waals surface area (Å²) in [5.41, 5.74) is 1.17. The highest BCUT2D eigenvalue weighted by atomic mass is 16.5. The molecule has 0 amide bonds. The summed E-state index contributed by atoms with van der Waals surface area (Å²) < 4.78 is 10.6. The minimum atomic E-state index is 0.229. The molecule has 0 aliphatic carbocycles. The van der Waals surface area contributed by atoms with Crippen molar-refractivity contribution in [1.29, 1.82) is 0 Å². The first-order valence-electron chi connectivity index (χ1n) is 6.61. The molecule has 1 aromatic carbocycles. The molecule has 104 valence electrons. The quantitative estimate of drug-likeness (QED) is 0.765. The molecule has 0 spiro atoms. The smallest absolute Gasteiger partial charge is 0.161 e. The molecule has 0 saturated heterocycles. The predicted molar refractivity (Wildman–Crippen MR) is 78.6 cm³/mol. The summed E-state index contributed by atoms with van der Waals surface area (Å²) in [5.74, 6) is 7.60. The number of rotatable bonds is 7. The lowest BCUT2D eigenvalue weighted by molar-refractivity contribution is 0.354. The third-order valence-corrected chi connectivity index (χ3v) is 2.93. The largest absolute Gasteiger partial charge is 0.493 e. The van der Waals surface area contributed by atoms with Crippen LogP contribution in [0, 0.1) is 11.8 Å². The Morgan fingerprint density at radius 1 is 1.21 bits per heavy atom. The van der Waals surface area contributed by atoms with Crippen molar-refractivity contribution in [1.82, 2.24) is 5.32 Å². The van der Waals surface area contributed by atoms with Crippen molar-refractivity contribution < 1.29 is 9.47 Å². The molecule has 19 heavy (non-hydrogen) atoms. The normalized spacial score (nSPS) is 11.4. The van der Waals surface area contributed by atoms with Crippen molar-refractivity contribution >= 4 is 0 Å². The summed E-state index contributed by atoms with van der Waals surface area (Å²) in [5, 5.41) is 3.51. The van der Waals surface area contributed by atoms with Gasteiger partial charge in [0, 0.05) is 12.5 Å². The predicted octanol–water partition coefficient (Wildman–Crippen LogP) is 3.16. The van der Waals surface area contributed by atoms with E-state index in [1.807, 2.05) is 19.1 Å². The van der Waals surface area contributed by atoms with Crippen LogP contribution in [0.2, 0.25) is 0 Å². The summed E-state index contributed by atoms with van der Waals surface area (Å²) in [6.07, 6.45) is 1.90. The second kappa shape index (κ2) is 8.44. The third-order valence-electron chi connectivity index (χ3n) is 2.93. The second-order valence-electron chi connectivity index (χ2n) is 4.25. The summed E-state index contributed by atoms with van der Waals surface area (Å²) in [7, 11) is 3.30. The molecular formula is C16H23NO2. The summed E-state index contributed by atoms with van der Waals surface area (Å²) >= 11 is 0. The van der Waals surface area contributed by atoms with Gasteiger partial charge in [-0.3, -0.25) is 0 Å². The highest BCUT2D eigenvalue weighted by Crippen LogP contribution is 2.30. The Balaban J connectivity index is 2.95. The van der Waals surface area contributed by atoms with Gasteiger partial charge in [-0.25, -0.2) is 0 Å². The van der Waals surface area contributed by atoms with E-state index in [2.05, 4.69) is 30.1 Å². The van der Waals surface area contributed by atoms with Crippen molar-refractivity contribution in [2.75, 3.05) is 20.8 Å². The molecule has 0 radical (unpaired) electrons. The van der Waals surface area contributed by atoms with Gasteiger partial charge >= 0.3 is 0 Å². The standard InChI is InChI=1S/C16H23NO2/c1-5-7-8-14(17-11-6-2)13-9-10-15(18-3)16(12-13)19-4/h9-10,12,14,17H,6,8,11H2,1-4H3. The summed E-state index contributed by atoms with van der Waals surface area (Å²) in [6, 6.07) is 6.25. The molecule has 0 aromatic heterocycles. The van der Waals surface area contributed by atoms with Crippen LogP contribution in [0.3, 0.4) is 0 Å². The minimum absolute atomic E-state index is 0.229. The SMILES string of the molecule is CC#CCC(NCCC)c1ccc(OC)c(OC)c1. The molecule has 1 rings (SSSR count). The lowest BCUT2D eigenvalue weighted by Crippen LogP contribution is -2.21. The molecule has 0 saturated carbocycles. The van der Waals surface area contributed by atoms with E-state index in [1.165, 1.54) is 5.56 Å². The van der Waals surface area contributed by atoms with Gasteiger partial charge in [0.1, 0.15) is 0 Å². The zero-order valence-electron chi connectivity index (χ0n) is 12.2. The van der Waals surface area contributed by atoms with Crippen molar-refractivity contribution in [3.05, 3.63) is 23.8 Å². The van der Waals surface area contributed by atoms with Crippen LogP contribution < -0.4 is 14.8 Å². The fraction of sp³-hybridized carbons (Fsp3) is 0.500. The van der Waals surface area contributed by atoms with Gasteiger partial charge in [-0.05, 0) is 37.6 Å². The molecule has 1 unspecified atom stereocenters. The van der Waals surface area contributed by atoms with Crippen LogP contribution in [0.25, 0.3) is 0 Å². The van der Waals surface area contributed by atoms with E-state index in [9.17, 15) is 0 Å². The molecule has 0 fully saturated rings. The Hall–Kier alpha value is -1.66. The van der Waals surface area contributed by atoms with Gasteiger partial charge in [0.15, 0.2) is 11.5 Å². The Morgan fingerprint density at radius 3 is 2.53 bits per heavy atom. The maximum Gasteiger partial charge on any atom is 0.161 e. The van der Waals surface area contributed by atoms with Crippen LogP contribution in [0.1, 0.15) is 38.3 Å². The van der Waals surface area contributed by atoms with Crippen LogP contribution in [0.4, 0.5) is 0 Å². The van der Waals surface area contributed by atoms with Gasteiger partial charge in [0.05, 0.1) is 14.2 Å². The van der Waals surface area contributed by atoms with E-state index in [0.717, 1.165) is 30.9 Å². The number of benzene rings is 1. The van der Waals surface area contributed by atoms with Gasteiger partial charge in [-0.15, -0.1) is 11.8 Å². The molecule has 0 heterocycles. The zero-order chi connectivity index (χ0) is 14.1. The fourth-order valence-corrected chi connectivity index (χ4v) is 1.90. The molecule has 0 aliphatic rings. The van der Waals surface area contributed by atoms with E-state index >= 15 is 0 Å². The lowest BCUT2D eigenvalue weighted by atomic mass is 10.0. The van der Waals surface area contributed by atoms with Gasteiger partial charge in [-0.1, -0.05) is 13.0 Å². The highest BCUT2D eigenvalue weighted by Gasteiger charge is 2.12. The Bertz CT molecular complexity index is 446. The van der Waals surface area contributed by atoms with Crippen molar-refractivity contribution in [3.8, 4) is 23.3 Å². The molecule has 0 aliphatic heterocycles. The molecular weight excluding hydrogens is 238 g/mol. The van der Waals surface area contributed by atoms with E-state index in [1.54, 1.807) is 14.2 Å². The Morgan fingerprint density at radius 2 is 1.95 bits per heavy atom. The van der Waals surface area contributed by atoms with E-state index < -0.39 is 0 Å². The number of ether oxygens (including phenoxy) is 2. The van der Waals surface area contributed by atoms with Gasteiger partial charge < -0.3 is 14.8 Å². The number of methoxy groups -OCH3 is 2. The first-order valence-corrected chi connectivity index (χ1v) is 6.61. The molecule has 1 atom stereocenters. The van der Waals surface area contributed by atoms with E-state index in [4.69, 9.17) is 9.47 Å². The van der Waals surface area contributed by atoms with Crippen molar-refractivity contribution in [2.24, 2.45) is 0 Å². The van der Waals surface area contributed by atoms with E-state index in [0.29, 0.717) is 0 Å². The van der Waals surface area contributed by atoms with Crippen LogP contribution in [-0.2, 0) is 0 Å².